The summed E-state index contributed by atoms with van der Waals surface area (Å²) in [7, 11) is 0. The average Bonchev–Trinajstić information content (AvgIpc) is 3.29. The minimum absolute atomic E-state index is 0.103. The summed E-state index contributed by atoms with van der Waals surface area (Å²) in [6, 6.07) is 19.7. The van der Waals surface area contributed by atoms with Crippen LogP contribution in [-0.2, 0) is 10.3 Å². The fourth-order valence-electron chi connectivity index (χ4n) is 4.46. The molecule has 2 nitrogen and oxygen atoms in total. The quantitative estimate of drug-likeness (QED) is 0.683. The number of nitrogens with zero attached hydrogens (tertiary/aromatic N) is 1. The highest BCUT2D eigenvalue weighted by atomic mass is 16.1. The van der Waals surface area contributed by atoms with Gasteiger partial charge in [0, 0.05) is 11.3 Å². The highest BCUT2D eigenvalue weighted by Gasteiger charge is 2.55. The molecule has 1 atom stereocenters. The molecule has 0 aromatic heterocycles. The molecule has 1 aliphatic carbocycles. The van der Waals surface area contributed by atoms with Crippen LogP contribution in [0.5, 0.6) is 0 Å². The minimum atomic E-state index is -1.10. The number of carbonyl (C=O) groups is 1. The van der Waals surface area contributed by atoms with Crippen LogP contribution in [0.25, 0.3) is 0 Å². The van der Waals surface area contributed by atoms with E-state index in [4.69, 9.17) is 4.99 Å². The maximum absolute atomic E-state index is 13.7. The Hall–Kier alpha value is -2.66. The van der Waals surface area contributed by atoms with E-state index in [2.05, 4.69) is 11.8 Å². The first-order valence-corrected chi connectivity index (χ1v) is 9.83. The van der Waals surface area contributed by atoms with Crippen molar-refractivity contribution < 1.29 is 4.79 Å². The van der Waals surface area contributed by atoms with Crippen molar-refractivity contribution >= 4 is 11.5 Å². The third-order valence-corrected chi connectivity index (χ3v) is 5.92. The van der Waals surface area contributed by atoms with Crippen LogP contribution in [-0.4, -0.2) is 11.5 Å². The highest BCUT2D eigenvalue weighted by molar-refractivity contribution is 6.19. The Bertz CT molecular complexity index is 925. The Labute approximate surface area is 161 Å². The predicted octanol–water partition coefficient (Wildman–Crippen LogP) is 5.17. The van der Waals surface area contributed by atoms with Crippen molar-refractivity contribution in [3.8, 4) is 11.8 Å². The maximum atomic E-state index is 13.7. The number of rotatable bonds is 2. The number of aliphatic imine (C=N–C) groups is 1. The van der Waals surface area contributed by atoms with E-state index in [9.17, 15) is 4.79 Å². The van der Waals surface area contributed by atoms with Crippen LogP contribution in [0.2, 0.25) is 0 Å². The molecule has 0 bridgehead atoms. The first kappa shape index (κ1) is 17.7. The van der Waals surface area contributed by atoms with Crippen molar-refractivity contribution in [2.24, 2.45) is 16.3 Å². The Morgan fingerprint density at radius 1 is 0.926 bits per heavy atom. The zero-order valence-corrected chi connectivity index (χ0v) is 16.0. The molecule has 136 valence electrons. The molecule has 4 rings (SSSR count). The van der Waals surface area contributed by atoms with E-state index in [1.807, 2.05) is 74.5 Å². The van der Waals surface area contributed by atoms with Crippen molar-refractivity contribution in [1.82, 2.24) is 0 Å². The third-order valence-electron chi connectivity index (χ3n) is 5.92. The SMILES string of the molecule is CC1(C)C(=O)C(C#Cc2ccccc2)(c2ccccc2)N=C1C1CCCC1. The van der Waals surface area contributed by atoms with Crippen molar-refractivity contribution in [2.75, 3.05) is 0 Å². The zero-order valence-electron chi connectivity index (χ0n) is 16.0. The lowest BCUT2D eigenvalue weighted by Gasteiger charge is -2.25. The fraction of sp³-hybridized carbons (Fsp3) is 0.360. The van der Waals surface area contributed by atoms with Crippen LogP contribution in [0, 0.1) is 23.2 Å². The summed E-state index contributed by atoms with van der Waals surface area (Å²) in [6.45, 7) is 4.06. The molecule has 1 aliphatic heterocycles. The monoisotopic (exact) mass is 355 g/mol. The van der Waals surface area contributed by atoms with Gasteiger partial charge < -0.3 is 0 Å². The summed E-state index contributed by atoms with van der Waals surface area (Å²) in [4.78, 5) is 18.8. The second-order valence-electron chi connectivity index (χ2n) is 8.13. The van der Waals surface area contributed by atoms with Gasteiger partial charge >= 0.3 is 0 Å². The molecule has 27 heavy (non-hydrogen) atoms. The number of carbonyl (C=O) groups excluding carboxylic acids is 1. The molecule has 1 unspecified atom stereocenters. The van der Waals surface area contributed by atoms with Gasteiger partial charge in [0.15, 0.2) is 5.78 Å². The van der Waals surface area contributed by atoms with Crippen LogP contribution in [0.15, 0.2) is 65.7 Å². The van der Waals surface area contributed by atoms with Gasteiger partial charge in [0.2, 0.25) is 5.54 Å². The number of hydrogen-bond acceptors (Lipinski definition) is 2. The van der Waals surface area contributed by atoms with Gasteiger partial charge in [-0.2, -0.15) is 0 Å². The molecule has 0 N–H and O–H groups in total. The van der Waals surface area contributed by atoms with Gasteiger partial charge in [0.05, 0.1) is 5.41 Å². The van der Waals surface area contributed by atoms with Crippen LogP contribution in [0.1, 0.15) is 50.7 Å². The van der Waals surface area contributed by atoms with Gasteiger partial charge in [-0.05, 0) is 50.3 Å². The standard InChI is InChI=1S/C25H25NO/c1-24(2)22(20-13-9-10-14-20)26-25(23(24)27,21-15-7-4-8-16-21)18-17-19-11-5-3-6-12-19/h3-8,11-12,15-16,20H,9-10,13-14H2,1-2H3. The minimum Gasteiger partial charge on any atom is -0.294 e. The maximum Gasteiger partial charge on any atom is 0.205 e. The number of ketones is 1. The fourth-order valence-corrected chi connectivity index (χ4v) is 4.46. The van der Waals surface area contributed by atoms with Crippen molar-refractivity contribution in [1.29, 1.82) is 0 Å². The molecule has 0 spiro atoms. The Balaban J connectivity index is 1.88. The van der Waals surface area contributed by atoms with Crippen molar-refractivity contribution in [2.45, 2.75) is 45.1 Å². The second kappa shape index (κ2) is 6.82. The molecule has 2 heteroatoms. The topological polar surface area (TPSA) is 29.4 Å². The Kier molecular flexibility index (Phi) is 4.48. The van der Waals surface area contributed by atoms with Crippen LogP contribution in [0.4, 0.5) is 0 Å². The molecule has 1 saturated carbocycles. The third kappa shape index (κ3) is 3.02. The average molecular weight is 355 g/mol. The molecule has 0 amide bonds. The number of hydrogen-bond donors (Lipinski definition) is 0. The Morgan fingerprint density at radius 3 is 2.15 bits per heavy atom. The van der Waals surface area contributed by atoms with Crippen molar-refractivity contribution in [3.63, 3.8) is 0 Å². The summed E-state index contributed by atoms with van der Waals surface area (Å²) in [5, 5.41) is 0. The molecule has 1 heterocycles. The van der Waals surface area contributed by atoms with E-state index in [-0.39, 0.29) is 5.78 Å². The predicted molar refractivity (Wildman–Crippen MR) is 110 cm³/mol. The summed E-state index contributed by atoms with van der Waals surface area (Å²) in [5.74, 6) is 7.04. The smallest absolute Gasteiger partial charge is 0.205 e. The first-order valence-electron chi connectivity index (χ1n) is 9.83. The molecule has 1 fully saturated rings. The lowest BCUT2D eigenvalue weighted by molar-refractivity contribution is -0.126. The first-order chi connectivity index (χ1) is 13.0. The van der Waals surface area contributed by atoms with Crippen LogP contribution < -0.4 is 0 Å². The summed E-state index contributed by atoms with van der Waals surface area (Å²) in [6.07, 6.45) is 4.71. The van der Waals surface area contributed by atoms with Gasteiger partial charge in [-0.3, -0.25) is 9.79 Å². The van der Waals surface area contributed by atoms with Gasteiger partial charge in [0.25, 0.3) is 0 Å². The van der Waals surface area contributed by atoms with Gasteiger partial charge in [-0.25, -0.2) is 0 Å². The number of Topliss-reactive ketones (excluding diaryl/α,β-unsaturated/α-hetero) is 1. The van der Waals surface area contributed by atoms with Gasteiger partial charge in [-0.15, -0.1) is 0 Å². The summed E-state index contributed by atoms with van der Waals surface area (Å²) < 4.78 is 0. The molecular formula is C25H25NO. The second-order valence-corrected chi connectivity index (χ2v) is 8.13. The van der Waals surface area contributed by atoms with Crippen molar-refractivity contribution in [3.05, 3.63) is 71.8 Å². The lowest BCUT2D eigenvalue weighted by atomic mass is 9.73. The summed E-state index contributed by atoms with van der Waals surface area (Å²) >= 11 is 0. The van der Waals surface area contributed by atoms with E-state index >= 15 is 0 Å². The van der Waals surface area contributed by atoms with E-state index in [0.717, 1.165) is 29.7 Å². The van der Waals surface area contributed by atoms with E-state index in [1.54, 1.807) is 0 Å². The molecule has 0 saturated heterocycles. The highest BCUT2D eigenvalue weighted by Crippen LogP contribution is 2.46. The Morgan fingerprint density at radius 2 is 1.52 bits per heavy atom. The molecule has 2 aliphatic rings. The molecule has 0 radical (unpaired) electrons. The molecule has 2 aromatic carbocycles. The number of benzene rings is 2. The van der Waals surface area contributed by atoms with E-state index < -0.39 is 11.0 Å². The van der Waals surface area contributed by atoms with Gasteiger partial charge in [0.1, 0.15) is 0 Å². The largest absolute Gasteiger partial charge is 0.294 e. The van der Waals surface area contributed by atoms with E-state index in [0.29, 0.717) is 5.92 Å². The van der Waals surface area contributed by atoms with E-state index in [1.165, 1.54) is 12.8 Å². The summed E-state index contributed by atoms with van der Waals surface area (Å²) in [5.41, 5.74) is 1.16. The normalized spacial score (nSPS) is 24.4. The van der Waals surface area contributed by atoms with Gasteiger partial charge in [-0.1, -0.05) is 73.2 Å². The molecular weight excluding hydrogens is 330 g/mol. The van der Waals surface area contributed by atoms with Crippen LogP contribution >= 0.6 is 0 Å². The van der Waals surface area contributed by atoms with Crippen LogP contribution in [0.3, 0.4) is 0 Å². The molecule has 2 aromatic rings. The lowest BCUT2D eigenvalue weighted by Crippen LogP contribution is -2.39. The zero-order chi connectivity index (χ0) is 18.9.